The number of hydrogen-bond acceptors (Lipinski definition) is 2. The van der Waals surface area contributed by atoms with Gasteiger partial charge in [0.25, 0.3) is 5.91 Å². The first kappa shape index (κ1) is 21.0. The van der Waals surface area contributed by atoms with Crippen molar-refractivity contribution in [3.8, 4) is 16.9 Å². The molecule has 2 N–H and O–H groups in total. The zero-order valence-corrected chi connectivity index (χ0v) is 15.8. The van der Waals surface area contributed by atoms with Crippen LogP contribution in [0.4, 0.5) is 23.2 Å². The smallest absolute Gasteiger partial charge is 0.419 e. The van der Waals surface area contributed by atoms with Crippen LogP contribution < -0.4 is 5.32 Å². The van der Waals surface area contributed by atoms with Crippen molar-refractivity contribution in [1.82, 2.24) is 0 Å². The van der Waals surface area contributed by atoms with E-state index in [1.807, 2.05) is 0 Å². The van der Waals surface area contributed by atoms with Crippen LogP contribution in [0.2, 0.25) is 10.0 Å². The standard InChI is InChI=1S/C20H11Cl2F4NO2/c21-11-6-4-10(5-7-11)13-2-1-3-14(18(13)28)19(29)27-12-8-15(20(24,25)26)17(23)16(22)9-12/h1-9,28H,(H,27,29). The Balaban J connectivity index is 1.95. The van der Waals surface area contributed by atoms with E-state index < -0.39 is 28.5 Å². The number of amides is 1. The van der Waals surface area contributed by atoms with Gasteiger partial charge in [-0.1, -0.05) is 47.5 Å². The summed E-state index contributed by atoms with van der Waals surface area (Å²) in [7, 11) is 0. The number of para-hydroxylation sites is 1. The number of carbonyl (C=O) groups excluding carboxylic acids is 1. The van der Waals surface area contributed by atoms with Gasteiger partial charge in [0.05, 0.1) is 16.1 Å². The van der Waals surface area contributed by atoms with E-state index in [9.17, 15) is 27.5 Å². The molecule has 0 saturated heterocycles. The maximum atomic E-state index is 13.7. The van der Waals surface area contributed by atoms with Gasteiger partial charge in [-0.15, -0.1) is 0 Å². The molecule has 0 aliphatic heterocycles. The van der Waals surface area contributed by atoms with Crippen LogP contribution in [0, 0.1) is 5.82 Å². The molecule has 0 saturated carbocycles. The van der Waals surface area contributed by atoms with Crippen molar-refractivity contribution in [3.05, 3.63) is 81.6 Å². The summed E-state index contributed by atoms with van der Waals surface area (Å²) in [5.41, 5.74) is -1.27. The Morgan fingerprint density at radius 3 is 2.28 bits per heavy atom. The Morgan fingerprint density at radius 2 is 1.66 bits per heavy atom. The molecule has 0 aromatic heterocycles. The third-order valence-electron chi connectivity index (χ3n) is 4.03. The molecule has 3 rings (SSSR count). The average Bonchev–Trinajstić information content (AvgIpc) is 2.64. The van der Waals surface area contributed by atoms with E-state index in [0.29, 0.717) is 22.2 Å². The van der Waals surface area contributed by atoms with Crippen LogP contribution in [0.25, 0.3) is 11.1 Å². The van der Waals surface area contributed by atoms with Crippen LogP contribution in [-0.4, -0.2) is 11.0 Å². The monoisotopic (exact) mass is 443 g/mol. The maximum absolute atomic E-state index is 13.7. The molecule has 150 valence electrons. The number of alkyl halides is 3. The van der Waals surface area contributed by atoms with Gasteiger partial charge < -0.3 is 10.4 Å². The van der Waals surface area contributed by atoms with Crippen LogP contribution in [0.3, 0.4) is 0 Å². The molecule has 3 nitrogen and oxygen atoms in total. The maximum Gasteiger partial charge on any atom is 0.419 e. The molecular formula is C20H11Cl2F4NO2. The van der Waals surface area contributed by atoms with Crippen LogP contribution in [-0.2, 0) is 6.18 Å². The lowest BCUT2D eigenvalue weighted by Crippen LogP contribution is -2.15. The number of phenols is 1. The van der Waals surface area contributed by atoms with E-state index in [4.69, 9.17) is 23.2 Å². The molecule has 29 heavy (non-hydrogen) atoms. The first-order valence-corrected chi connectivity index (χ1v) is 8.79. The van der Waals surface area contributed by atoms with Crippen LogP contribution >= 0.6 is 23.2 Å². The summed E-state index contributed by atoms with van der Waals surface area (Å²) in [5, 5.41) is 12.4. The van der Waals surface area contributed by atoms with Gasteiger partial charge in [0.1, 0.15) is 5.75 Å². The summed E-state index contributed by atoms with van der Waals surface area (Å²) in [6, 6.07) is 12.1. The molecule has 3 aromatic carbocycles. The number of benzene rings is 3. The van der Waals surface area contributed by atoms with Gasteiger partial charge in [-0.3, -0.25) is 4.79 Å². The van der Waals surface area contributed by atoms with E-state index in [2.05, 4.69) is 5.32 Å². The number of phenolic OH excluding ortho intramolecular Hbond substituents is 1. The molecule has 0 unspecified atom stereocenters. The van der Waals surface area contributed by atoms with Crippen LogP contribution in [0.5, 0.6) is 5.75 Å². The van der Waals surface area contributed by atoms with Crippen molar-refractivity contribution < 1.29 is 27.5 Å². The second-order valence-corrected chi connectivity index (χ2v) is 6.82. The Bertz CT molecular complexity index is 1080. The highest BCUT2D eigenvalue weighted by molar-refractivity contribution is 6.31. The first-order valence-electron chi connectivity index (χ1n) is 8.03. The number of aromatic hydroxyl groups is 1. The van der Waals surface area contributed by atoms with Crippen molar-refractivity contribution >= 4 is 34.8 Å². The Morgan fingerprint density at radius 1 is 1.00 bits per heavy atom. The molecule has 1 amide bonds. The lowest BCUT2D eigenvalue weighted by atomic mass is 10.0. The average molecular weight is 444 g/mol. The van der Waals surface area contributed by atoms with Gasteiger partial charge in [-0.25, -0.2) is 4.39 Å². The van der Waals surface area contributed by atoms with E-state index in [1.165, 1.54) is 12.1 Å². The molecule has 0 aliphatic carbocycles. The minimum Gasteiger partial charge on any atom is -0.506 e. The van der Waals surface area contributed by atoms with Crippen molar-refractivity contribution in [3.63, 3.8) is 0 Å². The molecule has 3 aromatic rings. The Labute approximate surface area is 172 Å². The quantitative estimate of drug-likeness (QED) is 0.438. The van der Waals surface area contributed by atoms with E-state index in [-0.39, 0.29) is 17.0 Å². The van der Waals surface area contributed by atoms with Gasteiger partial charge >= 0.3 is 6.18 Å². The van der Waals surface area contributed by atoms with Crippen LogP contribution in [0.15, 0.2) is 54.6 Å². The number of rotatable bonds is 3. The third-order valence-corrected chi connectivity index (χ3v) is 4.55. The van der Waals surface area contributed by atoms with E-state index in [1.54, 1.807) is 30.3 Å². The van der Waals surface area contributed by atoms with Crippen molar-refractivity contribution in [2.45, 2.75) is 6.18 Å². The zero-order valence-electron chi connectivity index (χ0n) is 14.3. The highest BCUT2D eigenvalue weighted by Gasteiger charge is 2.35. The SMILES string of the molecule is O=C(Nc1cc(Cl)c(F)c(C(F)(F)F)c1)c1cccc(-c2ccc(Cl)cc2)c1O. The number of hydrogen-bond donors (Lipinski definition) is 2. The highest BCUT2D eigenvalue weighted by Crippen LogP contribution is 2.37. The fourth-order valence-corrected chi connectivity index (χ4v) is 3.00. The molecule has 0 atom stereocenters. The van der Waals surface area contributed by atoms with Crippen molar-refractivity contribution in [2.24, 2.45) is 0 Å². The largest absolute Gasteiger partial charge is 0.506 e. The minimum atomic E-state index is -4.99. The third kappa shape index (κ3) is 4.46. The van der Waals surface area contributed by atoms with Gasteiger partial charge in [0, 0.05) is 16.3 Å². The van der Waals surface area contributed by atoms with Gasteiger partial charge in [-0.05, 0) is 35.9 Å². The molecule has 0 heterocycles. The van der Waals surface area contributed by atoms with E-state index in [0.717, 1.165) is 6.07 Å². The summed E-state index contributed by atoms with van der Waals surface area (Å²) >= 11 is 11.4. The van der Waals surface area contributed by atoms with Gasteiger partial charge in [0.15, 0.2) is 5.82 Å². The summed E-state index contributed by atoms with van der Waals surface area (Å²) in [4.78, 5) is 12.5. The summed E-state index contributed by atoms with van der Waals surface area (Å²) in [6.07, 6.45) is -4.99. The number of nitrogens with one attached hydrogen (secondary N) is 1. The van der Waals surface area contributed by atoms with Crippen molar-refractivity contribution in [1.29, 1.82) is 0 Å². The predicted octanol–water partition coefficient (Wildman–Crippen LogP) is 6.78. The molecule has 0 fully saturated rings. The predicted molar refractivity (Wildman–Crippen MR) is 103 cm³/mol. The summed E-state index contributed by atoms with van der Waals surface area (Å²) in [6.45, 7) is 0. The molecular weight excluding hydrogens is 433 g/mol. The lowest BCUT2D eigenvalue weighted by molar-refractivity contribution is -0.139. The number of halogens is 6. The number of carbonyl (C=O) groups is 1. The number of anilines is 1. The van der Waals surface area contributed by atoms with Gasteiger partial charge in [-0.2, -0.15) is 13.2 Å². The molecule has 0 bridgehead atoms. The Kier molecular flexibility index (Phi) is 5.73. The molecule has 0 radical (unpaired) electrons. The zero-order chi connectivity index (χ0) is 21.3. The second kappa shape index (κ2) is 7.93. The Hall–Kier alpha value is -2.77. The normalized spacial score (nSPS) is 11.4. The fourth-order valence-electron chi connectivity index (χ4n) is 2.66. The van der Waals surface area contributed by atoms with Gasteiger partial charge in [0.2, 0.25) is 0 Å². The summed E-state index contributed by atoms with van der Waals surface area (Å²) in [5.74, 6) is -2.91. The molecule has 9 heteroatoms. The molecule has 0 spiro atoms. The van der Waals surface area contributed by atoms with Crippen LogP contribution in [0.1, 0.15) is 15.9 Å². The highest BCUT2D eigenvalue weighted by atomic mass is 35.5. The lowest BCUT2D eigenvalue weighted by Gasteiger charge is -2.14. The summed E-state index contributed by atoms with van der Waals surface area (Å²) < 4.78 is 52.5. The van der Waals surface area contributed by atoms with E-state index >= 15 is 0 Å². The second-order valence-electron chi connectivity index (χ2n) is 5.98. The van der Waals surface area contributed by atoms with Crippen molar-refractivity contribution in [2.75, 3.05) is 5.32 Å². The topological polar surface area (TPSA) is 49.3 Å². The minimum absolute atomic E-state index is 0.188. The molecule has 0 aliphatic rings. The first-order chi connectivity index (χ1) is 13.6. The fraction of sp³-hybridized carbons (Fsp3) is 0.0500.